The molecule has 2 nitrogen and oxygen atoms in total. The fraction of sp³-hybridized carbons (Fsp3) is 0.500. The maximum atomic E-state index is 6.39. The van der Waals surface area contributed by atoms with E-state index in [1.165, 1.54) is 17.3 Å². The second kappa shape index (κ2) is 6.82. The lowest BCUT2D eigenvalue weighted by Gasteiger charge is -2.22. The molecule has 0 bridgehead atoms. The average molecular weight is 347 g/mol. The molecule has 1 aromatic carbocycles. The second-order valence-electron chi connectivity index (χ2n) is 4.75. The summed E-state index contributed by atoms with van der Waals surface area (Å²) in [6.07, 6.45) is 0.789. The number of rotatable bonds is 4. The lowest BCUT2D eigenvalue weighted by molar-refractivity contribution is 0.674. The molecule has 2 heterocycles. The molecule has 0 saturated carbocycles. The van der Waals surface area contributed by atoms with E-state index in [4.69, 9.17) is 28.2 Å². The van der Waals surface area contributed by atoms with Gasteiger partial charge in [0.05, 0.1) is 16.1 Å². The zero-order valence-electron chi connectivity index (χ0n) is 11.0. The van der Waals surface area contributed by atoms with Crippen molar-refractivity contribution in [1.29, 1.82) is 0 Å². The Labute approximate surface area is 137 Å². The number of imidazole rings is 1. The van der Waals surface area contributed by atoms with Gasteiger partial charge in [0.25, 0.3) is 0 Å². The molecule has 2 aromatic rings. The van der Waals surface area contributed by atoms with E-state index in [0.717, 1.165) is 34.8 Å². The van der Waals surface area contributed by atoms with Crippen LogP contribution in [0.1, 0.15) is 5.82 Å². The van der Waals surface area contributed by atoms with E-state index in [1.807, 2.05) is 30.0 Å². The molecule has 1 fully saturated rings. The third-order valence-corrected chi connectivity index (χ3v) is 6.71. The van der Waals surface area contributed by atoms with Gasteiger partial charge in [0.1, 0.15) is 5.82 Å². The van der Waals surface area contributed by atoms with Crippen molar-refractivity contribution in [2.45, 2.75) is 18.2 Å². The van der Waals surface area contributed by atoms with E-state index in [9.17, 15) is 0 Å². The number of aryl methyl sites for hydroxylation is 1. The molecule has 0 radical (unpaired) electrons. The third kappa shape index (κ3) is 3.08. The maximum absolute atomic E-state index is 6.39. The van der Waals surface area contributed by atoms with Gasteiger partial charge in [-0.25, -0.2) is 4.98 Å². The molecule has 1 unspecified atom stereocenters. The van der Waals surface area contributed by atoms with Crippen molar-refractivity contribution in [3.05, 3.63) is 29.0 Å². The number of alkyl halides is 1. The van der Waals surface area contributed by atoms with Crippen LogP contribution < -0.4 is 0 Å². The number of fused-ring (bicyclic) bond motifs is 1. The molecule has 1 aromatic heterocycles. The van der Waals surface area contributed by atoms with Crippen LogP contribution in [0, 0.1) is 0 Å². The van der Waals surface area contributed by atoms with E-state index in [-0.39, 0.29) is 0 Å². The number of hydrogen-bond acceptors (Lipinski definition) is 3. The predicted octanol–water partition coefficient (Wildman–Crippen LogP) is 4.32. The Bertz CT molecular complexity index is 594. The van der Waals surface area contributed by atoms with Gasteiger partial charge >= 0.3 is 0 Å². The Balaban J connectivity index is 1.98. The molecule has 6 heteroatoms. The molecule has 108 valence electrons. The molecular formula is C14H16Cl2N2S2. The first-order valence-corrected chi connectivity index (χ1v) is 9.80. The van der Waals surface area contributed by atoms with Crippen molar-refractivity contribution < 1.29 is 0 Å². The highest BCUT2D eigenvalue weighted by Crippen LogP contribution is 2.30. The smallest absolute Gasteiger partial charge is 0.111 e. The molecule has 1 atom stereocenters. The molecular weight excluding hydrogens is 331 g/mol. The Morgan fingerprint density at radius 3 is 3.00 bits per heavy atom. The van der Waals surface area contributed by atoms with Crippen molar-refractivity contribution in [3.8, 4) is 0 Å². The highest BCUT2D eigenvalue weighted by Gasteiger charge is 2.19. The van der Waals surface area contributed by atoms with Gasteiger partial charge in [-0.3, -0.25) is 0 Å². The zero-order valence-corrected chi connectivity index (χ0v) is 14.2. The van der Waals surface area contributed by atoms with Gasteiger partial charge in [-0.05, 0) is 12.1 Å². The Morgan fingerprint density at radius 2 is 2.25 bits per heavy atom. The van der Waals surface area contributed by atoms with Crippen LogP contribution in [0.2, 0.25) is 5.02 Å². The van der Waals surface area contributed by atoms with Crippen molar-refractivity contribution >= 4 is 57.8 Å². The Morgan fingerprint density at radius 1 is 1.35 bits per heavy atom. The van der Waals surface area contributed by atoms with Gasteiger partial charge < -0.3 is 4.57 Å². The standard InChI is InChI=1S/C14H16Cl2N2S2/c15-5-4-13-17-12-3-1-2-11(16)14(12)18(13)8-10-9-19-6-7-20-10/h1-3,10H,4-9H2. The topological polar surface area (TPSA) is 17.8 Å². The lowest BCUT2D eigenvalue weighted by atomic mass is 10.3. The predicted molar refractivity (Wildman–Crippen MR) is 92.7 cm³/mol. The highest BCUT2D eigenvalue weighted by molar-refractivity contribution is 8.06. The fourth-order valence-corrected chi connectivity index (χ4v) is 5.60. The van der Waals surface area contributed by atoms with Gasteiger partial charge in [0.15, 0.2) is 0 Å². The first-order chi connectivity index (χ1) is 9.79. The van der Waals surface area contributed by atoms with Crippen molar-refractivity contribution in [2.75, 3.05) is 23.1 Å². The molecule has 1 aliphatic heterocycles. The molecule has 1 aliphatic rings. The number of aromatic nitrogens is 2. The van der Waals surface area contributed by atoms with Crippen LogP contribution in [0.3, 0.4) is 0 Å². The first kappa shape index (κ1) is 14.9. The molecule has 1 saturated heterocycles. The van der Waals surface area contributed by atoms with Crippen LogP contribution >= 0.6 is 46.7 Å². The summed E-state index contributed by atoms with van der Waals surface area (Å²) in [5.74, 6) is 5.35. The summed E-state index contributed by atoms with van der Waals surface area (Å²) >= 11 is 16.4. The van der Waals surface area contributed by atoms with Crippen molar-refractivity contribution in [1.82, 2.24) is 9.55 Å². The van der Waals surface area contributed by atoms with Crippen LogP contribution in [0.25, 0.3) is 11.0 Å². The van der Waals surface area contributed by atoms with Gasteiger partial charge in [0.2, 0.25) is 0 Å². The largest absolute Gasteiger partial charge is 0.326 e. The van der Waals surface area contributed by atoms with Crippen LogP contribution in [-0.4, -0.2) is 37.9 Å². The summed E-state index contributed by atoms with van der Waals surface area (Å²) in [6, 6.07) is 5.92. The molecule has 0 spiro atoms. The molecule has 0 N–H and O–H groups in total. The second-order valence-corrected chi connectivity index (χ2v) is 8.10. The molecule has 3 rings (SSSR count). The van der Waals surface area contributed by atoms with Crippen LogP contribution in [0.15, 0.2) is 18.2 Å². The minimum Gasteiger partial charge on any atom is -0.326 e. The van der Waals surface area contributed by atoms with Crippen LogP contribution in [0.5, 0.6) is 0 Å². The van der Waals surface area contributed by atoms with Gasteiger partial charge in [-0.2, -0.15) is 23.5 Å². The summed E-state index contributed by atoms with van der Waals surface area (Å²) in [4.78, 5) is 4.71. The van der Waals surface area contributed by atoms with Gasteiger partial charge in [-0.1, -0.05) is 17.7 Å². The van der Waals surface area contributed by atoms with E-state index in [1.54, 1.807) is 0 Å². The minimum atomic E-state index is 0.591. The molecule has 20 heavy (non-hydrogen) atoms. The fourth-order valence-electron chi connectivity index (χ4n) is 2.51. The van der Waals surface area contributed by atoms with Crippen molar-refractivity contribution in [3.63, 3.8) is 0 Å². The van der Waals surface area contributed by atoms with Gasteiger partial charge in [-0.15, -0.1) is 11.6 Å². The summed E-state index contributed by atoms with van der Waals surface area (Å²) < 4.78 is 2.28. The summed E-state index contributed by atoms with van der Waals surface area (Å²) in [5.41, 5.74) is 2.04. The SMILES string of the molecule is ClCCc1nc2cccc(Cl)c2n1CC1CSCCS1. The van der Waals surface area contributed by atoms with E-state index < -0.39 is 0 Å². The zero-order chi connectivity index (χ0) is 13.9. The first-order valence-electron chi connectivity index (χ1n) is 6.68. The summed E-state index contributed by atoms with van der Waals surface area (Å²) in [5, 5.41) is 1.42. The minimum absolute atomic E-state index is 0.591. The monoisotopic (exact) mass is 346 g/mol. The molecule has 0 aliphatic carbocycles. The van der Waals surface area contributed by atoms with Crippen LogP contribution in [0.4, 0.5) is 0 Å². The van der Waals surface area contributed by atoms with E-state index in [0.29, 0.717) is 11.1 Å². The highest BCUT2D eigenvalue weighted by atomic mass is 35.5. The maximum Gasteiger partial charge on any atom is 0.111 e. The lowest BCUT2D eigenvalue weighted by Crippen LogP contribution is -2.21. The summed E-state index contributed by atoms with van der Waals surface area (Å²) in [7, 11) is 0. The average Bonchev–Trinajstić information content (AvgIpc) is 2.80. The number of nitrogens with zero attached hydrogens (tertiary/aromatic N) is 2. The van der Waals surface area contributed by atoms with E-state index >= 15 is 0 Å². The normalized spacial score (nSPS) is 19.6. The third-order valence-electron chi connectivity index (χ3n) is 3.39. The number of halogens is 2. The quantitative estimate of drug-likeness (QED) is 0.767. The van der Waals surface area contributed by atoms with Gasteiger partial charge in [0, 0.05) is 41.4 Å². The Kier molecular flexibility index (Phi) is 5.08. The van der Waals surface area contributed by atoms with Crippen LogP contribution in [-0.2, 0) is 13.0 Å². The Hall–Kier alpha value is -0.0300. The number of para-hydroxylation sites is 1. The summed E-state index contributed by atoms with van der Waals surface area (Å²) in [6.45, 7) is 0.976. The van der Waals surface area contributed by atoms with Crippen molar-refractivity contribution in [2.24, 2.45) is 0 Å². The van der Waals surface area contributed by atoms with E-state index in [2.05, 4.69) is 16.3 Å². The number of benzene rings is 1. The number of hydrogen-bond donors (Lipinski definition) is 0. The number of thioether (sulfide) groups is 2. The molecule has 0 amide bonds.